The van der Waals surface area contributed by atoms with Crippen molar-refractivity contribution in [2.45, 2.75) is 38.3 Å². The first-order chi connectivity index (χ1) is 8.76. The highest BCUT2D eigenvalue weighted by molar-refractivity contribution is 7.98. The van der Waals surface area contributed by atoms with E-state index in [2.05, 4.69) is 16.4 Å². The van der Waals surface area contributed by atoms with Crippen LogP contribution in [0.1, 0.15) is 50.0 Å². The highest BCUT2D eigenvalue weighted by Gasteiger charge is 2.36. The minimum atomic E-state index is -0.167. The van der Waals surface area contributed by atoms with Crippen LogP contribution in [0, 0.1) is 5.92 Å². The molecule has 0 bridgehead atoms. The summed E-state index contributed by atoms with van der Waals surface area (Å²) in [5.74, 6) is 2.74. The number of hydrogen-bond acceptors (Lipinski definition) is 6. The lowest BCUT2D eigenvalue weighted by molar-refractivity contribution is 0.0384. The first-order valence-corrected chi connectivity index (χ1v) is 7.85. The Bertz CT molecular complexity index is 368. The largest absolute Gasteiger partial charge is 0.370 e. The zero-order chi connectivity index (χ0) is 13.0. The molecule has 1 aromatic rings. The molecule has 1 aromatic heterocycles. The van der Waals surface area contributed by atoms with Gasteiger partial charge in [0.25, 0.3) is 0 Å². The molecule has 6 heteroatoms. The number of ether oxygens (including phenoxy) is 1. The molecule has 5 nitrogen and oxygen atoms in total. The van der Waals surface area contributed by atoms with Crippen LogP contribution in [0.25, 0.3) is 0 Å². The third kappa shape index (κ3) is 3.46. The Morgan fingerprint density at radius 3 is 2.94 bits per heavy atom. The van der Waals surface area contributed by atoms with Gasteiger partial charge >= 0.3 is 0 Å². The molecule has 0 saturated heterocycles. The Balaban J connectivity index is 1.99. The molecule has 1 saturated carbocycles. The standard InChI is InChI=1S/C12H21N3O2S/c1-3-16-10(8-4-5-8)11-14-12(17-15-11)9(13)6-7-18-2/h8-10H,3-7,13H2,1-2H3/t9-,10?/m0/s1. The van der Waals surface area contributed by atoms with Gasteiger partial charge in [-0.25, -0.2) is 0 Å². The van der Waals surface area contributed by atoms with Crippen molar-refractivity contribution in [2.24, 2.45) is 11.7 Å². The average Bonchev–Trinajstić information content (AvgIpc) is 3.09. The number of rotatable bonds is 8. The zero-order valence-electron chi connectivity index (χ0n) is 11.0. The van der Waals surface area contributed by atoms with Gasteiger partial charge in [-0.2, -0.15) is 16.7 Å². The van der Waals surface area contributed by atoms with Gasteiger partial charge in [-0.05, 0) is 44.1 Å². The van der Waals surface area contributed by atoms with Gasteiger partial charge < -0.3 is 15.0 Å². The van der Waals surface area contributed by atoms with Crippen LogP contribution in [0.5, 0.6) is 0 Å². The van der Waals surface area contributed by atoms with E-state index in [9.17, 15) is 0 Å². The first-order valence-electron chi connectivity index (χ1n) is 6.45. The quantitative estimate of drug-likeness (QED) is 0.782. The Morgan fingerprint density at radius 2 is 2.33 bits per heavy atom. The van der Waals surface area contributed by atoms with Crippen molar-refractivity contribution in [3.63, 3.8) is 0 Å². The van der Waals surface area contributed by atoms with Gasteiger partial charge in [0.05, 0.1) is 6.04 Å². The molecule has 18 heavy (non-hydrogen) atoms. The topological polar surface area (TPSA) is 74.2 Å². The fourth-order valence-electron chi connectivity index (χ4n) is 1.88. The monoisotopic (exact) mass is 271 g/mol. The maximum absolute atomic E-state index is 6.01. The summed E-state index contributed by atoms with van der Waals surface area (Å²) in [6.45, 7) is 2.66. The summed E-state index contributed by atoms with van der Waals surface area (Å²) in [6, 6.07) is -0.167. The Kier molecular flexibility index (Phi) is 5.03. The maximum Gasteiger partial charge on any atom is 0.243 e. The van der Waals surface area contributed by atoms with Crippen LogP contribution in [0.15, 0.2) is 4.52 Å². The maximum atomic E-state index is 6.01. The van der Waals surface area contributed by atoms with E-state index in [4.69, 9.17) is 15.0 Å². The molecule has 2 rings (SSSR count). The highest BCUT2D eigenvalue weighted by Crippen LogP contribution is 2.42. The second-order valence-electron chi connectivity index (χ2n) is 4.59. The van der Waals surface area contributed by atoms with Crippen molar-refractivity contribution in [1.82, 2.24) is 10.1 Å². The lowest BCUT2D eigenvalue weighted by Gasteiger charge is -2.11. The molecular weight excluding hydrogens is 250 g/mol. The fourth-order valence-corrected chi connectivity index (χ4v) is 2.37. The van der Waals surface area contributed by atoms with E-state index in [1.165, 1.54) is 12.8 Å². The Hall–Kier alpha value is -0.590. The Morgan fingerprint density at radius 1 is 1.56 bits per heavy atom. The van der Waals surface area contributed by atoms with Crippen LogP contribution < -0.4 is 5.73 Å². The van der Waals surface area contributed by atoms with Crippen LogP contribution in [0.2, 0.25) is 0 Å². The van der Waals surface area contributed by atoms with Gasteiger partial charge in [-0.1, -0.05) is 5.16 Å². The lowest BCUT2D eigenvalue weighted by Crippen LogP contribution is -2.13. The predicted molar refractivity (Wildman–Crippen MR) is 71.3 cm³/mol. The van der Waals surface area contributed by atoms with Crippen LogP contribution in [-0.2, 0) is 4.74 Å². The molecule has 2 N–H and O–H groups in total. The second kappa shape index (κ2) is 6.54. The van der Waals surface area contributed by atoms with Gasteiger partial charge in [0.15, 0.2) is 0 Å². The van der Waals surface area contributed by atoms with Gasteiger partial charge in [-0.3, -0.25) is 0 Å². The minimum absolute atomic E-state index is 0.0137. The number of hydrogen-bond donors (Lipinski definition) is 1. The fraction of sp³-hybridized carbons (Fsp3) is 0.833. The highest BCUT2D eigenvalue weighted by atomic mass is 32.2. The SMILES string of the molecule is CCOC(c1noc([C@@H](N)CCSC)n1)C1CC1. The van der Waals surface area contributed by atoms with E-state index in [1.807, 2.05) is 6.92 Å². The molecule has 1 aliphatic rings. The molecule has 2 atom stereocenters. The third-order valence-corrected chi connectivity index (χ3v) is 3.70. The molecule has 0 amide bonds. The number of nitrogens with two attached hydrogens (primary N) is 1. The number of thioether (sulfide) groups is 1. The lowest BCUT2D eigenvalue weighted by atomic mass is 10.2. The van der Waals surface area contributed by atoms with Crippen molar-refractivity contribution in [3.05, 3.63) is 11.7 Å². The van der Waals surface area contributed by atoms with Gasteiger partial charge in [-0.15, -0.1) is 0 Å². The predicted octanol–water partition coefficient (Wildman–Crippen LogP) is 2.31. The van der Waals surface area contributed by atoms with E-state index in [1.54, 1.807) is 11.8 Å². The number of nitrogens with zero attached hydrogens (tertiary/aromatic N) is 2. The summed E-state index contributed by atoms with van der Waals surface area (Å²) in [7, 11) is 0. The van der Waals surface area contributed by atoms with E-state index in [0.717, 1.165) is 12.2 Å². The van der Waals surface area contributed by atoms with Gasteiger partial charge in [0.2, 0.25) is 11.7 Å². The van der Waals surface area contributed by atoms with Crippen molar-refractivity contribution in [3.8, 4) is 0 Å². The third-order valence-electron chi connectivity index (χ3n) is 3.06. The molecule has 1 unspecified atom stereocenters. The molecular formula is C12H21N3O2S. The van der Waals surface area contributed by atoms with E-state index < -0.39 is 0 Å². The molecule has 0 spiro atoms. The molecule has 0 radical (unpaired) electrons. The molecule has 1 heterocycles. The summed E-state index contributed by atoms with van der Waals surface area (Å²) < 4.78 is 10.9. The molecule has 1 aliphatic carbocycles. The van der Waals surface area contributed by atoms with Gasteiger partial charge in [0.1, 0.15) is 6.10 Å². The van der Waals surface area contributed by atoms with Crippen LogP contribution in [-0.4, -0.2) is 28.8 Å². The van der Waals surface area contributed by atoms with Crippen LogP contribution >= 0.6 is 11.8 Å². The summed E-state index contributed by atoms with van der Waals surface area (Å²) in [4.78, 5) is 4.41. The van der Waals surface area contributed by atoms with E-state index >= 15 is 0 Å². The summed E-state index contributed by atoms with van der Waals surface area (Å²) in [5.41, 5.74) is 6.01. The molecule has 0 aliphatic heterocycles. The average molecular weight is 271 g/mol. The zero-order valence-corrected chi connectivity index (χ0v) is 11.8. The minimum Gasteiger partial charge on any atom is -0.370 e. The second-order valence-corrected chi connectivity index (χ2v) is 5.58. The van der Waals surface area contributed by atoms with Crippen molar-refractivity contribution < 1.29 is 9.26 Å². The summed E-state index contributed by atoms with van der Waals surface area (Å²) in [6.07, 6.45) is 5.27. The van der Waals surface area contributed by atoms with Crippen LogP contribution in [0.3, 0.4) is 0 Å². The molecule has 0 aromatic carbocycles. The smallest absolute Gasteiger partial charge is 0.243 e. The summed E-state index contributed by atoms with van der Waals surface area (Å²) in [5, 5.41) is 4.03. The normalized spacial score (nSPS) is 18.8. The van der Waals surface area contributed by atoms with Crippen molar-refractivity contribution >= 4 is 11.8 Å². The first kappa shape index (κ1) is 13.8. The summed E-state index contributed by atoms with van der Waals surface area (Å²) >= 11 is 1.77. The van der Waals surface area contributed by atoms with E-state index in [-0.39, 0.29) is 12.1 Å². The Labute approximate surface area is 112 Å². The van der Waals surface area contributed by atoms with Crippen LogP contribution in [0.4, 0.5) is 0 Å². The number of aromatic nitrogens is 2. The van der Waals surface area contributed by atoms with Crippen molar-refractivity contribution in [1.29, 1.82) is 0 Å². The van der Waals surface area contributed by atoms with Gasteiger partial charge in [0, 0.05) is 6.61 Å². The van der Waals surface area contributed by atoms with Crippen molar-refractivity contribution in [2.75, 3.05) is 18.6 Å². The van der Waals surface area contributed by atoms with E-state index in [0.29, 0.717) is 24.2 Å². The molecule has 102 valence electrons. The molecule has 1 fully saturated rings.